The number of nitrogens with zero attached hydrogens (tertiary/aromatic N) is 4. The van der Waals surface area contributed by atoms with Gasteiger partial charge in [0.25, 0.3) is 0 Å². The summed E-state index contributed by atoms with van der Waals surface area (Å²) in [6.45, 7) is 0.654. The van der Waals surface area contributed by atoms with Crippen LogP contribution in [-0.2, 0) is 0 Å². The summed E-state index contributed by atoms with van der Waals surface area (Å²) in [6, 6.07) is 0.435. The SMILES string of the molecule is Nc1nc(N(CCO)C2CCC2)c2cn[nH]c2n1. The monoisotopic (exact) mass is 248 g/mol. The van der Waals surface area contributed by atoms with Crippen LogP contribution in [0.25, 0.3) is 11.0 Å². The molecule has 0 bridgehead atoms. The van der Waals surface area contributed by atoms with Crippen LogP contribution in [0.2, 0.25) is 0 Å². The van der Waals surface area contributed by atoms with Crippen molar-refractivity contribution in [1.29, 1.82) is 0 Å². The molecule has 1 saturated carbocycles. The molecule has 0 amide bonds. The third-order valence-electron chi connectivity index (χ3n) is 3.44. The van der Waals surface area contributed by atoms with Crippen molar-refractivity contribution >= 4 is 22.8 Å². The number of rotatable bonds is 4. The van der Waals surface area contributed by atoms with Gasteiger partial charge in [0.1, 0.15) is 5.82 Å². The van der Waals surface area contributed by atoms with E-state index in [1.807, 2.05) is 0 Å². The summed E-state index contributed by atoms with van der Waals surface area (Å²) >= 11 is 0. The van der Waals surface area contributed by atoms with Gasteiger partial charge < -0.3 is 15.7 Å². The number of aromatic nitrogens is 4. The quantitative estimate of drug-likeness (QED) is 0.718. The van der Waals surface area contributed by atoms with Crippen LogP contribution in [-0.4, -0.2) is 44.5 Å². The van der Waals surface area contributed by atoms with Crippen LogP contribution < -0.4 is 10.6 Å². The lowest BCUT2D eigenvalue weighted by molar-refractivity contribution is 0.283. The summed E-state index contributed by atoms with van der Waals surface area (Å²) in [7, 11) is 0. The molecule has 0 aromatic carbocycles. The maximum atomic E-state index is 9.22. The Labute approximate surface area is 104 Å². The summed E-state index contributed by atoms with van der Waals surface area (Å²) < 4.78 is 0. The second-order valence-corrected chi connectivity index (χ2v) is 4.54. The molecule has 0 radical (unpaired) electrons. The minimum absolute atomic E-state index is 0.0970. The maximum absolute atomic E-state index is 9.22. The molecule has 2 heterocycles. The van der Waals surface area contributed by atoms with Gasteiger partial charge in [-0.05, 0) is 19.3 Å². The number of fused-ring (bicyclic) bond motifs is 1. The third-order valence-corrected chi connectivity index (χ3v) is 3.44. The lowest BCUT2D eigenvalue weighted by Crippen LogP contribution is -2.42. The number of hydrogen-bond acceptors (Lipinski definition) is 6. The molecule has 0 atom stereocenters. The summed E-state index contributed by atoms with van der Waals surface area (Å²) in [4.78, 5) is 10.5. The van der Waals surface area contributed by atoms with Gasteiger partial charge in [-0.25, -0.2) is 0 Å². The van der Waals surface area contributed by atoms with Gasteiger partial charge in [-0.1, -0.05) is 0 Å². The molecule has 18 heavy (non-hydrogen) atoms. The maximum Gasteiger partial charge on any atom is 0.224 e. The van der Waals surface area contributed by atoms with E-state index in [4.69, 9.17) is 5.73 Å². The molecule has 0 spiro atoms. The molecule has 3 rings (SSSR count). The van der Waals surface area contributed by atoms with E-state index in [1.54, 1.807) is 6.20 Å². The molecule has 1 aliphatic carbocycles. The Balaban J connectivity index is 2.06. The second kappa shape index (κ2) is 4.41. The number of aliphatic hydroxyl groups is 1. The Bertz CT molecular complexity index is 549. The van der Waals surface area contributed by atoms with Crippen LogP contribution in [0.1, 0.15) is 19.3 Å². The van der Waals surface area contributed by atoms with Gasteiger partial charge >= 0.3 is 0 Å². The minimum Gasteiger partial charge on any atom is -0.395 e. The lowest BCUT2D eigenvalue weighted by Gasteiger charge is -2.38. The highest BCUT2D eigenvalue weighted by molar-refractivity contribution is 5.87. The number of nitrogen functional groups attached to an aromatic ring is 1. The predicted molar refractivity (Wildman–Crippen MR) is 68.2 cm³/mol. The summed E-state index contributed by atoms with van der Waals surface area (Å²) in [5.41, 5.74) is 6.36. The molecule has 96 valence electrons. The molecule has 2 aromatic heterocycles. The van der Waals surface area contributed by atoms with Crippen molar-refractivity contribution in [2.24, 2.45) is 0 Å². The average Bonchev–Trinajstić information content (AvgIpc) is 2.72. The van der Waals surface area contributed by atoms with E-state index in [0.717, 1.165) is 24.0 Å². The molecule has 0 aliphatic heterocycles. The van der Waals surface area contributed by atoms with Gasteiger partial charge in [0.2, 0.25) is 5.95 Å². The second-order valence-electron chi connectivity index (χ2n) is 4.54. The number of nitrogens with one attached hydrogen (secondary N) is 1. The fourth-order valence-corrected chi connectivity index (χ4v) is 2.32. The fraction of sp³-hybridized carbons (Fsp3) is 0.545. The zero-order chi connectivity index (χ0) is 12.5. The molecule has 1 aliphatic rings. The van der Waals surface area contributed by atoms with Crippen molar-refractivity contribution in [3.05, 3.63) is 6.20 Å². The van der Waals surface area contributed by atoms with Crippen LogP contribution in [0.4, 0.5) is 11.8 Å². The molecule has 1 fully saturated rings. The van der Waals surface area contributed by atoms with Crippen molar-refractivity contribution in [1.82, 2.24) is 20.2 Å². The van der Waals surface area contributed by atoms with Gasteiger partial charge in [0.05, 0.1) is 18.2 Å². The number of hydrogen-bond donors (Lipinski definition) is 3. The number of anilines is 2. The largest absolute Gasteiger partial charge is 0.395 e. The van der Waals surface area contributed by atoms with Crippen molar-refractivity contribution < 1.29 is 5.11 Å². The molecular weight excluding hydrogens is 232 g/mol. The van der Waals surface area contributed by atoms with Gasteiger partial charge in [0.15, 0.2) is 5.65 Å². The molecule has 7 nitrogen and oxygen atoms in total. The van der Waals surface area contributed by atoms with Gasteiger partial charge in [0, 0.05) is 12.6 Å². The Morgan fingerprint density at radius 1 is 1.44 bits per heavy atom. The molecule has 0 unspecified atom stereocenters. The zero-order valence-electron chi connectivity index (χ0n) is 10.0. The van der Waals surface area contributed by atoms with Crippen molar-refractivity contribution in [3.63, 3.8) is 0 Å². The first kappa shape index (κ1) is 11.2. The topological polar surface area (TPSA) is 104 Å². The van der Waals surface area contributed by atoms with E-state index in [-0.39, 0.29) is 12.6 Å². The van der Waals surface area contributed by atoms with E-state index in [0.29, 0.717) is 18.2 Å². The number of nitrogens with two attached hydrogens (primary N) is 1. The van der Waals surface area contributed by atoms with Gasteiger partial charge in [-0.2, -0.15) is 15.1 Å². The van der Waals surface area contributed by atoms with Crippen LogP contribution in [0.15, 0.2) is 6.20 Å². The van der Waals surface area contributed by atoms with Crippen LogP contribution in [0, 0.1) is 0 Å². The zero-order valence-corrected chi connectivity index (χ0v) is 10.0. The highest BCUT2D eigenvalue weighted by Gasteiger charge is 2.27. The van der Waals surface area contributed by atoms with E-state index < -0.39 is 0 Å². The fourth-order valence-electron chi connectivity index (χ4n) is 2.32. The van der Waals surface area contributed by atoms with Crippen LogP contribution in [0.5, 0.6) is 0 Å². The Morgan fingerprint density at radius 2 is 2.28 bits per heavy atom. The van der Waals surface area contributed by atoms with Crippen molar-refractivity contribution in [2.75, 3.05) is 23.8 Å². The van der Waals surface area contributed by atoms with E-state index in [1.165, 1.54) is 6.42 Å². The molecular formula is C11H16N6O. The minimum atomic E-state index is 0.0970. The summed E-state index contributed by atoms with van der Waals surface area (Å²) in [5, 5.41) is 16.8. The van der Waals surface area contributed by atoms with Gasteiger partial charge in [-0.3, -0.25) is 5.10 Å². The smallest absolute Gasteiger partial charge is 0.224 e. The average molecular weight is 248 g/mol. The first-order chi connectivity index (χ1) is 8.79. The summed E-state index contributed by atoms with van der Waals surface area (Å²) in [5.74, 6) is 0.994. The highest BCUT2D eigenvalue weighted by Crippen LogP contribution is 2.31. The van der Waals surface area contributed by atoms with E-state index >= 15 is 0 Å². The lowest BCUT2D eigenvalue weighted by atomic mass is 9.91. The standard InChI is InChI=1S/C11H16N6O/c12-11-14-9-8(6-13-16-9)10(15-11)17(4-5-18)7-2-1-3-7/h6-7,18H,1-5H2,(H3,12,13,14,15,16). The van der Waals surface area contributed by atoms with Crippen LogP contribution in [0.3, 0.4) is 0 Å². The number of aromatic amines is 1. The Kier molecular flexibility index (Phi) is 2.75. The first-order valence-corrected chi connectivity index (χ1v) is 6.13. The van der Waals surface area contributed by atoms with E-state index in [2.05, 4.69) is 25.1 Å². The molecule has 4 N–H and O–H groups in total. The predicted octanol–water partition coefficient (Wildman–Crippen LogP) is 0.286. The van der Waals surface area contributed by atoms with E-state index in [9.17, 15) is 5.11 Å². The van der Waals surface area contributed by atoms with Crippen molar-refractivity contribution in [3.8, 4) is 0 Å². The normalized spacial score (nSPS) is 15.8. The van der Waals surface area contributed by atoms with Crippen LogP contribution >= 0.6 is 0 Å². The summed E-state index contributed by atoms with van der Waals surface area (Å²) in [6.07, 6.45) is 5.18. The number of H-pyrrole nitrogens is 1. The third kappa shape index (κ3) is 1.76. The molecule has 2 aromatic rings. The molecule has 7 heteroatoms. The van der Waals surface area contributed by atoms with Crippen molar-refractivity contribution in [2.45, 2.75) is 25.3 Å². The Hall–Kier alpha value is -1.89. The molecule has 0 saturated heterocycles. The highest BCUT2D eigenvalue weighted by atomic mass is 16.3. The Morgan fingerprint density at radius 3 is 2.94 bits per heavy atom. The van der Waals surface area contributed by atoms with Gasteiger partial charge in [-0.15, -0.1) is 0 Å². The first-order valence-electron chi connectivity index (χ1n) is 6.13. The number of aliphatic hydroxyl groups excluding tert-OH is 1.